The van der Waals surface area contributed by atoms with Gasteiger partial charge in [0.15, 0.2) is 0 Å². The molecule has 0 unspecified atom stereocenters. The maximum Gasteiger partial charge on any atom is 1.00 e. The van der Waals surface area contributed by atoms with Crippen LogP contribution in [0.3, 0.4) is 0 Å². The Balaban J connectivity index is 0.000000467. The van der Waals surface area contributed by atoms with Crippen molar-refractivity contribution in [3.63, 3.8) is 0 Å². The number of nitrogens with one attached hydrogen (secondary N) is 3. The van der Waals surface area contributed by atoms with Crippen LogP contribution >= 0.6 is 0 Å². The Morgan fingerprint density at radius 2 is 0.701 bits per heavy atom. The van der Waals surface area contributed by atoms with E-state index in [0.717, 1.165) is 40.8 Å². The monoisotopic (exact) mass is 1110 g/mol. The van der Waals surface area contributed by atoms with Crippen molar-refractivity contribution in [3.8, 4) is 0 Å². The number of carbonyl (C=O) groups excluding carboxylic acids is 3. The van der Waals surface area contributed by atoms with Gasteiger partial charge in [-0.05, 0) is 69.9 Å². The summed E-state index contributed by atoms with van der Waals surface area (Å²) in [6.07, 6.45) is 7.86. The number of halogens is 2. The molecule has 0 aliphatic heterocycles. The smallest absolute Gasteiger partial charge is 0.470 e. The van der Waals surface area contributed by atoms with Gasteiger partial charge in [0, 0.05) is 11.3 Å². The zero-order valence-corrected chi connectivity index (χ0v) is 55.1. The number of aromatic nitrogens is 3. The van der Waals surface area contributed by atoms with Gasteiger partial charge >= 0.3 is 154 Å². The zero-order chi connectivity index (χ0) is 54.0. The van der Waals surface area contributed by atoms with Crippen LogP contribution in [-0.4, -0.2) is 33.2 Å². The third-order valence-corrected chi connectivity index (χ3v) is 9.58. The van der Waals surface area contributed by atoms with Crippen LogP contribution in [0.5, 0.6) is 0 Å². The predicted octanol–water partition coefficient (Wildman–Crippen LogP) is 4.82. The zero-order valence-electron chi connectivity index (χ0n) is 45.7. The molecule has 9 rings (SSSR count). The molecule has 77 heavy (non-hydrogen) atoms. The molecule has 12 nitrogen and oxygen atoms in total. The number of para-hydroxylation sites is 1. The standard InChI is InChI=1S/C13H8F2NO.2C13H10NO.3C7H10NO.3K/c14-10-7-4-8-11(15)12(10)13(17)16-9-5-2-1-3-6-9;2*15-13(11-7-3-1-4-8-11)14-12-9-5-2-6-10-12;3*1-7(2,3)6-4-5-8-9-6;;;/h2-8H,(H,16,17);2-10H,(H,14,15);1,3-10H,(H,14,15);3*4H,1-3H3;;;/q6*-1;3*+1. The molecule has 0 radical (unpaired) electrons. The Morgan fingerprint density at radius 3 is 1.01 bits per heavy atom. The van der Waals surface area contributed by atoms with Crippen molar-refractivity contribution < 1.29 is 191 Å². The Hall–Kier alpha value is -3.87. The second kappa shape index (κ2) is 37.1. The summed E-state index contributed by atoms with van der Waals surface area (Å²) in [4.78, 5) is 35.0. The van der Waals surface area contributed by atoms with Gasteiger partial charge in [-0.3, -0.25) is 14.4 Å². The summed E-state index contributed by atoms with van der Waals surface area (Å²) >= 11 is 0. The molecule has 17 heteroatoms. The van der Waals surface area contributed by atoms with Crippen LogP contribution in [0.25, 0.3) is 0 Å². The summed E-state index contributed by atoms with van der Waals surface area (Å²) in [6.45, 7) is 18.6. The van der Waals surface area contributed by atoms with Gasteiger partial charge in [0.25, 0.3) is 11.8 Å². The fourth-order valence-electron chi connectivity index (χ4n) is 5.53. The average Bonchev–Trinajstić information content (AvgIpc) is 4.23. The number of benzene rings is 6. The summed E-state index contributed by atoms with van der Waals surface area (Å²) in [5, 5.41) is 18.5. The number of hydrogen-bond acceptors (Lipinski definition) is 9. The Bertz CT molecular complexity index is 2760. The maximum absolute atomic E-state index is 13.3. The molecule has 3 aromatic heterocycles. The van der Waals surface area contributed by atoms with Gasteiger partial charge in [-0.2, -0.15) is 84.9 Å². The van der Waals surface area contributed by atoms with E-state index in [1.165, 1.54) is 6.07 Å². The van der Waals surface area contributed by atoms with Gasteiger partial charge in [-0.1, -0.05) is 122 Å². The van der Waals surface area contributed by atoms with Crippen molar-refractivity contribution in [1.82, 2.24) is 15.5 Å². The van der Waals surface area contributed by atoms with Gasteiger partial charge in [-0.15, -0.1) is 42.9 Å². The fourth-order valence-corrected chi connectivity index (χ4v) is 5.53. The second-order valence-corrected chi connectivity index (χ2v) is 18.8. The molecule has 0 saturated carbocycles. The minimum absolute atomic E-state index is 0. The number of carbonyl (C=O) groups is 3. The molecule has 6 aromatic carbocycles. The first kappa shape index (κ1) is 71.1. The van der Waals surface area contributed by atoms with Gasteiger partial charge in [0.2, 0.25) is 5.91 Å². The minimum Gasteiger partial charge on any atom is -0.470 e. The van der Waals surface area contributed by atoms with Crippen molar-refractivity contribution in [2.45, 2.75) is 78.6 Å². The molecule has 0 bridgehead atoms. The molecule has 3 N–H and O–H groups in total. The first-order valence-electron chi connectivity index (χ1n) is 23.1. The van der Waals surface area contributed by atoms with Crippen molar-refractivity contribution in [1.29, 1.82) is 0 Å². The van der Waals surface area contributed by atoms with Crippen LogP contribution in [0.15, 0.2) is 183 Å². The van der Waals surface area contributed by atoms with Gasteiger partial charge in [0.05, 0.1) is 0 Å². The minimum atomic E-state index is -0.884. The van der Waals surface area contributed by atoms with E-state index in [1.807, 2.05) is 48.5 Å². The molecular weight excluding hydrogens is 1060 g/mol. The van der Waals surface area contributed by atoms with Gasteiger partial charge < -0.3 is 29.5 Å². The summed E-state index contributed by atoms with van der Waals surface area (Å²) < 4.78 is 41.3. The molecule has 0 aliphatic rings. The first-order valence-corrected chi connectivity index (χ1v) is 23.1. The first-order chi connectivity index (χ1) is 35.2. The Morgan fingerprint density at radius 1 is 0.403 bits per heavy atom. The number of nitrogens with zero attached hydrogens (tertiary/aromatic N) is 3. The molecule has 0 atom stereocenters. The third-order valence-electron chi connectivity index (χ3n) is 9.58. The number of rotatable bonds is 6. The van der Waals surface area contributed by atoms with E-state index >= 15 is 0 Å². The summed E-state index contributed by atoms with van der Waals surface area (Å²) in [7, 11) is 0. The molecule has 3 heterocycles. The summed E-state index contributed by atoms with van der Waals surface area (Å²) in [5.74, 6) is -0.147. The van der Waals surface area contributed by atoms with Gasteiger partial charge in [-0.25, -0.2) is 24.3 Å². The molecule has 0 aliphatic carbocycles. The molecule has 0 fully saturated rings. The third kappa shape index (κ3) is 27.7. The normalized spacial score (nSPS) is 10.1. The number of amides is 3. The van der Waals surface area contributed by atoms with Crippen molar-refractivity contribution in [2.75, 3.05) is 16.0 Å². The van der Waals surface area contributed by atoms with E-state index in [2.05, 4.69) is 131 Å². The summed E-state index contributed by atoms with van der Waals surface area (Å²) in [6, 6.07) is 56.0. The van der Waals surface area contributed by atoms with Crippen LogP contribution in [0.2, 0.25) is 0 Å². The molecule has 0 spiro atoms. The number of anilines is 3. The van der Waals surface area contributed by atoms with Crippen LogP contribution in [0.1, 0.15) is 111 Å². The van der Waals surface area contributed by atoms with E-state index in [4.69, 9.17) is 13.6 Å². The van der Waals surface area contributed by atoms with Crippen LogP contribution < -0.4 is 170 Å². The Kier molecular flexibility index (Phi) is 34.3. The topological polar surface area (TPSA) is 165 Å². The molecule has 3 amide bonds. The summed E-state index contributed by atoms with van der Waals surface area (Å²) in [5.41, 5.74) is 2.94. The van der Waals surface area contributed by atoms with Gasteiger partial charge in [0.1, 0.15) is 17.2 Å². The van der Waals surface area contributed by atoms with Crippen LogP contribution in [0.4, 0.5) is 25.8 Å². The molecule has 9 aromatic rings. The number of hydrogen-bond donors (Lipinski definition) is 3. The largest absolute Gasteiger partial charge is 1.00 e. The predicted molar refractivity (Wildman–Crippen MR) is 281 cm³/mol. The average molecular weight is 1110 g/mol. The van der Waals surface area contributed by atoms with E-state index in [0.29, 0.717) is 16.8 Å². The second-order valence-electron chi connectivity index (χ2n) is 18.8. The van der Waals surface area contributed by atoms with Crippen LogP contribution in [0, 0.1) is 48.4 Å². The van der Waals surface area contributed by atoms with Crippen molar-refractivity contribution in [3.05, 3.63) is 252 Å². The van der Waals surface area contributed by atoms with Crippen molar-refractivity contribution in [2.24, 2.45) is 0 Å². The maximum atomic E-state index is 13.3. The van der Waals surface area contributed by atoms with E-state index in [-0.39, 0.29) is 182 Å². The SMILES string of the molecule is CC(C)(C)c1c[c-]no1.CC(C)(C)c1c[c-]no1.CC(C)(C)c1c[c-]no1.O=C(Nc1cc[c-]cc1)c1c(F)cccc1F.O=C(Nc1cc[c-]cc1)c1ccccc1.O=C(Nc1ccccc1)c1cc[c-]cc1.[K+].[K+].[K+]. The quantitative estimate of drug-likeness (QED) is 0.157. The molecule has 384 valence electrons. The van der Waals surface area contributed by atoms with E-state index in [1.54, 1.807) is 103 Å². The fraction of sp³-hybridized carbons (Fsp3) is 0.200. The van der Waals surface area contributed by atoms with Crippen molar-refractivity contribution >= 4 is 34.8 Å². The molecule has 0 saturated heterocycles. The van der Waals surface area contributed by atoms with E-state index < -0.39 is 23.1 Å². The molecular formula is C60H58F2K3N6O6-3. The Labute approximate surface area is 579 Å². The van der Waals surface area contributed by atoms with E-state index in [9.17, 15) is 23.2 Å². The van der Waals surface area contributed by atoms with Crippen LogP contribution in [-0.2, 0) is 16.2 Å².